The molecule has 3 rings (SSSR count). The van der Waals surface area contributed by atoms with Gasteiger partial charge in [0.1, 0.15) is 0 Å². The summed E-state index contributed by atoms with van der Waals surface area (Å²) in [6, 6.07) is 13.2. The van der Waals surface area contributed by atoms with Gasteiger partial charge in [-0.05, 0) is 29.8 Å². The quantitative estimate of drug-likeness (QED) is 0.591. The molecule has 2 aromatic heterocycles. The van der Waals surface area contributed by atoms with Crippen LogP contribution in [-0.4, -0.2) is 16.2 Å². The van der Waals surface area contributed by atoms with Gasteiger partial charge in [0.05, 0.1) is 23.5 Å². The molecule has 3 aromatic rings. The van der Waals surface area contributed by atoms with Gasteiger partial charge in [-0.25, -0.2) is 4.98 Å². The van der Waals surface area contributed by atoms with Crippen molar-refractivity contribution < 1.29 is 0 Å². The Balaban J connectivity index is 1.68. The van der Waals surface area contributed by atoms with Crippen LogP contribution in [0.1, 0.15) is 11.1 Å². The number of aromatic nitrogens is 2. The van der Waals surface area contributed by atoms with E-state index in [9.17, 15) is 0 Å². The highest BCUT2D eigenvalue weighted by Gasteiger charge is 2.03. The molecule has 5 nitrogen and oxygen atoms in total. The summed E-state index contributed by atoms with van der Waals surface area (Å²) >= 11 is 1.48. The Kier molecular flexibility index (Phi) is 4.18. The molecule has 0 aliphatic carbocycles. The van der Waals surface area contributed by atoms with Crippen molar-refractivity contribution in [3.8, 4) is 17.3 Å². The molecule has 22 heavy (non-hydrogen) atoms. The summed E-state index contributed by atoms with van der Waals surface area (Å²) in [6.45, 7) is 0. The first kappa shape index (κ1) is 13.9. The lowest BCUT2D eigenvalue weighted by Crippen LogP contribution is -1.90. The lowest BCUT2D eigenvalue weighted by molar-refractivity contribution is 1.28. The second-order valence-corrected chi connectivity index (χ2v) is 5.24. The third kappa shape index (κ3) is 3.34. The van der Waals surface area contributed by atoms with E-state index in [2.05, 4.69) is 26.6 Å². The summed E-state index contributed by atoms with van der Waals surface area (Å²) in [5, 5.41) is 15.6. The fourth-order valence-corrected chi connectivity index (χ4v) is 2.45. The zero-order valence-corrected chi connectivity index (χ0v) is 12.3. The predicted molar refractivity (Wildman–Crippen MR) is 87.7 cm³/mol. The molecule has 6 heteroatoms. The molecule has 0 bridgehead atoms. The zero-order valence-electron chi connectivity index (χ0n) is 11.5. The minimum Gasteiger partial charge on any atom is -0.265 e. The molecule has 0 atom stereocenters. The Bertz CT molecular complexity index is 816. The number of hydrazone groups is 1. The lowest BCUT2D eigenvalue weighted by atomic mass is 10.1. The average molecular weight is 305 g/mol. The topological polar surface area (TPSA) is 74.0 Å². The first-order valence-electron chi connectivity index (χ1n) is 6.50. The summed E-state index contributed by atoms with van der Waals surface area (Å²) in [5.74, 6) is 0. The van der Waals surface area contributed by atoms with E-state index < -0.39 is 0 Å². The van der Waals surface area contributed by atoms with Crippen molar-refractivity contribution in [3.63, 3.8) is 0 Å². The molecule has 1 N–H and O–H groups in total. The number of pyridine rings is 1. The minimum absolute atomic E-state index is 0.638. The smallest absolute Gasteiger partial charge is 0.203 e. The number of thiazole rings is 1. The number of nitrogens with zero attached hydrogens (tertiary/aromatic N) is 4. The van der Waals surface area contributed by atoms with E-state index in [-0.39, 0.29) is 0 Å². The number of rotatable bonds is 4. The largest absolute Gasteiger partial charge is 0.265 e. The molecule has 0 amide bonds. The van der Waals surface area contributed by atoms with Crippen LogP contribution in [0.5, 0.6) is 0 Å². The van der Waals surface area contributed by atoms with E-state index in [1.165, 1.54) is 11.3 Å². The highest BCUT2D eigenvalue weighted by Crippen LogP contribution is 2.25. The summed E-state index contributed by atoms with van der Waals surface area (Å²) in [7, 11) is 0. The van der Waals surface area contributed by atoms with Gasteiger partial charge in [-0.1, -0.05) is 12.1 Å². The molecular formula is C16H11N5S. The van der Waals surface area contributed by atoms with E-state index >= 15 is 0 Å². The van der Waals surface area contributed by atoms with Crippen LogP contribution in [0.4, 0.5) is 5.13 Å². The van der Waals surface area contributed by atoms with Crippen LogP contribution < -0.4 is 5.43 Å². The van der Waals surface area contributed by atoms with Crippen LogP contribution in [0.2, 0.25) is 0 Å². The number of anilines is 1. The Morgan fingerprint density at radius 3 is 2.64 bits per heavy atom. The van der Waals surface area contributed by atoms with Crippen molar-refractivity contribution in [3.05, 3.63) is 65.3 Å². The van der Waals surface area contributed by atoms with E-state index in [4.69, 9.17) is 5.26 Å². The minimum atomic E-state index is 0.638. The van der Waals surface area contributed by atoms with Gasteiger partial charge in [-0.15, -0.1) is 11.3 Å². The van der Waals surface area contributed by atoms with Gasteiger partial charge in [-0.3, -0.25) is 10.4 Å². The molecule has 0 unspecified atom stereocenters. The van der Waals surface area contributed by atoms with E-state index in [0.29, 0.717) is 10.7 Å². The van der Waals surface area contributed by atoms with Crippen LogP contribution in [0, 0.1) is 11.3 Å². The van der Waals surface area contributed by atoms with Gasteiger partial charge in [0.2, 0.25) is 5.13 Å². The predicted octanol–water partition coefficient (Wildman–Crippen LogP) is 3.52. The Labute approximate surface area is 131 Å². The number of hydrogen-bond donors (Lipinski definition) is 1. The van der Waals surface area contributed by atoms with Gasteiger partial charge in [0.15, 0.2) is 0 Å². The van der Waals surface area contributed by atoms with Crippen molar-refractivity contribution >= 4 is 22.7 Å². The standard InChI is InChI=1S/C16H11N5S/c17-9-12-1-3-14(4-2-12)15-11-22-16(20-15)21-19-10-13-5-7-18-8-6-13/h1-8,10-11H,(H,20,21)/b19-10-. The van der Waals surface area contributed by atoms with Crippen molar-refractivity contribution in [1.29, 1.82) is 5.26 Å². The molecule has 0 aliphatic rings. The molecule has 0 spiro atoms. The van der Waals surface area contributed by atoms with Gasteiger partial charge in [0.25, 0.3) is 0 Å². The van der Waals surface area contributed by atoms with Gasteiger partial charge in [0, 0.05) is 23.3 Å². The van der Waals surface area contributed by atoms with Gasteiger partial charge >= 0.3 is 0 Å². The molecule has 0 aliphatic heterocycles. The number of nitrogens with one attached hydrogen (secondary N) is 1. The summed E-state index contributed by atoms with van der Waals surface area (Å²) < 4.78 is 0. The fraction of sp³-hybridized carbons (Fsp3) is 0. The van der Waals surface area contributed by atoms with E-state index in [0.717, 1.165) is 16.8 Å². The third-order valence-electron chi connectivity index (χ3n) is 2.89. The molecular weight excluding hydrogens is 294 g/mol. The number of hydrogen-bond acceptors (Lipinski definition) is 6. The Morgan fingerprint density at radius 1 is 1.14 bits per heavy atom. The van der Waals surface area contributed by atoms with Crippen LogP contribution in [0.25, 0.3) is 11.3 Å². The summed E-state index contributed by atoms with van der Waals surface area (Å²) in [6.07, 6.45) is 5.14. The van der Waals surface area contributed by atoms with Crippen LogP contribution >= 0.6 is 11.3 Å². The van der Waals surface area contributed by atoms with Crippen LogP contribution in [0.15, 0.2) is 59.3 Å². The molecule has 0 fully saturated rings. The Hall–Kier alpha value is -3.04. The highest BCUT2D eigenvalue weighted by atomic mass is 32.1. The van der Waals surface area contributed by atoms with Crippen molar-refractivity contribution in [2.24, 2.45) is 5.10 Å². The molecule has 106 valence electrons. The maximum absolute atomic E-state index is 8.80. The SMILES string of the molecule is N#Cc1ccc(-c2csc(N/N=C\c3ccncc3)n2)cc1. The van der Waals surface area contributed by atoms with E-state index in [1.54, 1.807) is 30.7 Å². The van der Waals surface area contributed by atoms with Crippen molar-refractivity contribution in [2.75, 3.05) is 5.43 Å². The second-order valence-electron chi connectivity index (χ2n) is 4.38. The Morgan fingerprint density at radius 2 is 1.91 bits per heavy atom. The molecule has 0 saturated heterocycles. The normalized spacial score (nSPS) is 10.5. The second kappa shape index (κ2) is 6.61. The summed E-state index contributed by atoms with van der Waals surface area (Å²) in [4.78, 5) is 8.41. The van der Waals surface area contributed by atoms with Gasteiger partial charge in [-0.2, -0.15) is 10.4 Å². The number of nitriles is 1. The third-order valence-corrected chi connectivity index (χ3v) is 3.64. The molecule has 1 aromatic carbocycles. The molecule has 0 saturated carbocycles. The maximum atomic E-state index is 8.80. The summed E-state index contributed by atoms with van der Waals surface area (Å²) in [5.41, 5.74) is 6.34. The zero-order chi connectivity index (χ0) is 15.2. The molecule has 0 radical (unpaired) electrons. The lowest BCUT2D eigenvalue weighted by Gasteiger charge is -1.96. The van der Waals surface area contributed by atoms with Gasteiger partial charge < -0.3 is 0 Å². The van der Waals surface area contributed by atoms with Crippen molar-refractivity contribution in [1.82, 2.24) is 9.97 Å². The maximum Gasteiger partial charge on any atom is 0.203 e. The average Bonchev–Trinajstić information content (AvgIpc) is 3.05. The van der Waals surface area contributed by atoms with Crippen LogP contribution in [0.3, 0.4) is 0 Å². The van der Waals surface area contributed by atoms with Crippen LogP contribution in [-0.2, 0) is 0 Å². The highest BCUT2D eigenvalue weighted by molar-refractivity contribution is 7.14. The monoisotopic (exact) mass is 305 g/mol. The first-order chi connectivity index (χ1) is 10.8. The van der Waals surface area contributed by atoms with Crippen molar-refractivity contribution in [2.45, 2.75) is 0 Å². The fourth-order valence-electron chi connectivity index (χ4n) is 1.78. The molecule has 2 heterocycles. The number of benzene rings is 1. The first-order valence-corrected chi connectivity index (χ1v) is 7.38. The van der Waals surface area contributed by atoms with E-state index in [1.807, 2.05) is 29.6 Å².